The summed E-state index contributed by atoms with van der Waals surface area (Å²) in [6, 6.07) is 9.02. The molecule has 2 saturated carbocycles. The highest BCUT2D eigenvalue weighted by molar-refractivity contribution is 5.74. The van der Waals surface area contributed by atoms with E-state index in [1.807, 2.05) is 14.1 Å². The number of benzene rings is 1. The number of nitrogens with one attached hydrogen (secondary N) is 1. The van der Waals surface area contributed by atoms with Crippen molar-refractivity contribution in [2.75, 3.05) is 33.7 Å². The lowest BCUT2D eigenvalue weighted by atomic mass is 9.73. The second-order valence-electron chi connectivity index (χ2n) is 10.5. The predicted octanol–water partition coefficient (Wildman–Crippen LogP) is 4.56. The molecule has 2 unspecified atom stereocenters. The van der Waals surface area contributed by atoms with Crippen LogP contribution in [0.15, 0.2) is 24.3 Å². The largest absolute Gasteiger partial charge is 0.331 e. The molecule has 1 aromatic rings. The van der Waals surface area contributed by atoms with Gasteiger partial charge in [0.25, 0.3) is 0 Å². The third-order valence-electron chi connectivity index (χ3n) is 8.72. The molecule has 0 aromatic heterocycles. The molecule has 1 aromatic carbocycles. The summed E-state index contributed by atoms with van der Waals surface area (Å²) in [6.45, 7) is 3.72. The smallest absolute Gasteiger partial charge is 0.317 e. The van der Waals surface area contributed by atoms with Gasteiger partial charge in [-0.3, -0.25) is 0 Å². The maximum absolute atomic E-state index is 12.3. The summed E-state index contributed by atoms with van der Waals surface area (Å²) in [4.78, 5) is 16.7. The second-order valence-corrected chi connectivity index (χ2v) is 10.5. The highest BCUT2D eigenvalue weighted by atomic mass is 16.2. The zero-order valence-electron chi connectivity index (χ0n) is 18.2. The van der Waals surface area contributed by atoms with Gasteiger partial charge in [0, 0.05) is 19.5 Å². The number of fused-ring (bicyclic) bond motifs is 4. The summed E-state index contributed by atoms with van der Waals surface area (Å²) in [5, 5.41) is 3.27. The molecule has 1 saturated heterocycles. The minimum atomic E-state index is 0.0187. The van der Waals surface area contributed by atoms with Crippen LogP contribution in [0.1, 0.15) is 68.5 Å². The molecule has 4 aliphatic rings. The van der Waals surface area contributed by atoms with Gasteiger partial charge in [-0.05, 0) is 93.5 Å². The van der Waals surface area contributed by atoms with Gasteiger partial charge in [0.2, 0.25) is 0 Å². The molecule has 29 heavy (non-hydrogen) atoms. The number of rotatable bonds is 4. The molecule has 0 radical (unpaired) electrons. The zero-order chi connectivity index (χ0) is 20.0. The molecule has 5 rings (SSSR count). The van der Waals surface area contributed by atoms with E-state index in [1.165, 1.54) is 75.7 Å². The van der Waals surface area contributed by atoms with Gasteiger partial charge >= 0.3 is 6.03 Å². The molecule has 4 heteroatoms. The number of hydrogen-bond acceptors (Lipinski definition) is 2. The molecule has 3 fully saturated rings. The van der Waals surface area contributed by atoms with Gasteiger partial charge in [0.1, 0.15) is 0 Å². The number of nitrogens with zero attached hydrogens (tertiary/aromatic N) is 2. The monoisotopic (exact) mass is 395 g/mol. The quantitative estimate of drug-likeness (QED) is 0.811. The van der Waals surface area contributed by atoms with E-state index < -0.39 is 0 Å². The molecule has 158 valence electrons. The van der Waals surface area contributed by atoms with Crippen molar-refractivity contribution in [3.8, 4) is 0 Å². The number of amides is 2. The first-order chi connectivity index (χ1) is 14.0. The first kappa shape index (κ1) is 19.4. The van der Waals surface area contributed by atoms with Crippen molar-refractivity contribution in [3.63, 3.8) is 0 Å². The first-order valence-electron chi connectivity index (χ1n) is 11.8. The summed E-state index contributed by atoms with van der Waals surface area (Å²) in [7, 11) is 3.64. The highest BCUT2D eigenvalue weighted by Gasteiger charge is 2.46. The average molecular weight is 396 g/mol. The molecule has 2 bridgehead atoms. The van der Waals surface area contributed by atoms with Crippen molar-refractivity contribution in [1.29, 1.82) is 0 Å². The van der Waals surface area contributed by atoms with Crippen LogP contribution < -0.4 is 5.32 Å². The number of urea groups is 1. The van der Waals surface area contributed by atoms with Crippen LogP contribution in [0.25, 0.3) is 0 Å². The summed E-state index contributed by atoms with van der Waals surface area (Å²) in [5.74, 6) is 3.14. The molecule has 4 nitrogen and oxygen atoms in total. The van der Waals surface area contributed by atoms with Crippen LogP contribution in [0.4, 0.5) is 4.79 Å². The number of carbonyl (C=O) groups excluding carboxylic acids is 1. The lowest BCUT2D eigenvalue weighted by molar-refractivity contribution is 0.138. The number of piperidine rings is 1. The topological polar surface area (TPSA) is 35.6 Å². The fraction of sp³-hybridized carbons (Fsp3) is 0.720. The van der Waals surface area contributed by atoms with Gasteiger partial charge in [-0.1, -0.05) is 30.7 Å². The molecule has 1 aliphatic heterocycles. The number of carbonyl (C=O) groups is 1. The maximum Gasteiger partial charge on any atom is 0.317 e. The van der Waals surface area contributed by atoms with Crippen molar-refractivity contribution < 1.29 is 4.79 Å². The molecular formula is C25H37N3O. The van der Waals surface area contributed by atoms with Gasteiger partial charge in [0.15, 0.2) is 0 Å². The van der Waals surface area contributed by atoms with Gasteiger partial charge in [-0.15, -0.1) is 0 Å². The summed E-state index contributed by atoms with van der Waals surface area (Å²) < 4.78 is 0. The standard InChI is InChI=1S/C25H37N3O/c1-27(2)24(29)26-23-17-25(22-6-4-3-5-21(22)23)10-13-28(14-11-25)12-9-20-16-18-7-8-19(20)15-18/h3-6,18-20,23H,7-17H2,1-2H3,(H,26,29)/t18?,19-,20?,23+/m1/s1. The highest BCUT2D eigenvalue weighted by Crippen LogP contribution is 2.52. The van der Waals surface area contributed by atoms with Crippen molar-refractivity contribution in [2.45, 2.75) is 62.8 Å². The van der Waals surface area contributed by atoms with Crippen LogP contribution >= 0.6 is 0 Å². The third kappa shape index (κ3) is 3.58. The molecule has 2 amide bonds. The van der Waals surface area contributed by atoms with E-state index in [2.05, 4.69) is 34.5 Å². The Morgan fingerprint density at radius 1 is 1.17 bits per heavy atom. The van der Waals surface area contributed by atoms with Crippen LogP contribution in [-0.4, -0.2) is 49.6 Å². The number of hydrogen-bond donors (Lipinski definition) is 1. The van der Waals surface area contributed by atoms with Crippen molar-refractivity contribution in [2.24, 2.45) is 17.8 Å². The predicted molar refractivity (Wildman–Crippen MR) is 117 cm³/mol. The van der Waals surface area contributed by atoms with Gasteiger partial charge in [-0.25, -0.2) is 4.79 Å². The van der Waals surface area contributed by atoms with E-state index in [9.17, 15) is 4.79 Å². The zero-order valence-corrected chi connectivity index (χ0v) is 18.2. The Morgan fingerprint density at radius 3 is 2.66 bits per heavy atom. The van der Waals surface area contributed by atoms with E-state index in [0.29, 0.717) is 0 Å². The van der Waals surface area contributed by atoms with Crippen LogP contribution in [0.3, 0.4) is 0 Å². The Bertz CT molecular complexity index is 752. The molecule has 4 atom stereocenters. The van der Waals surface area contributed by atoms with Crippen LogP contribution in [0.5, 0.6) is 0 Å². The van der Waals surface area contributed by atoms with Crippen molar-refractivity contribution in [3.05, 3.63) is 35.4 Å². The summed E-state index contributed by atoms with van der Waals surface area (Å²) in [6.07, 6.45) is 11.0. The maximum atomic E-state index is 12.3. The van der Waals surface area contributed by atoms with Gasteiger partial charge < -0.3 is 15.1 Å². The van der Waals surface area contributed by atoms with E-state index in [4.69, 9.17) is 0 Å². The lowest BCUT2D eigenvalue weighted by Crippen LogP contribution is -2.43. The fourth-order valence-electron chi connectivity index (χ4n) is 7.06. The fourth-order valence-corrected chi connectivity index (χ4v) is 7.06. The van der Waals surface area contributed by atoms with Crippen LogP contribution in [0, 0.1) is 17.8 Å². The molecule has 3 aliphatic carbocycles. The van der Waals surface area contributed by atoms with E-state index in [1.54, 1.807) is 4.90 Å². The van der Waals surface area contributed by atoms with Crippen LogP contribution in [-0.2, 0) is 5.41 Å². The minimum absolute atomic E-state index is 0.0187. The van der Waals surface area contributed by atoms with Crippen molar-refractivity contribution in [1.82, 2.24) is 15.1 Å². The SMILES string of the molecule is CN(C)C(=O)N[C@H]1CC2(CCN(CCC3CC4CC[C@@H]3C4)CC2)c2ccccc21. The third-order valence-corrected chi connectivity index (χ3v) is 8.72. The molecule has 1 spiro atoms. The lowest BCUT2D eigenvalue weighted by Gasteiger charge is -2.41. The Kier molecular flexibility index (Phi) is 5.09. The first-order valence-corrected chi connectivity index (χ1v) is 11.8. The van der Waals surface area contributed by atoms with E-state index >= 15 is 0 Å². The molecule has 1 heterocycles. The summed E-state index contributed by atoms with van der Waals surface area (Å²) >= 11 is 0. The number of likely N-dealkylation sites (tertiary alicyclic amines) is 1. The summed E-state index contributed by atoms with van der Waals surface area (Å²) in [5.41, 5.74) is 3.10. The minimum Gasteiger partial charge on any atom is -0.331 e. The Balaban J connectivity index is 1.21. The molecular weight excluding hydrogens is 358 g/mol. The Morgan fingerprint density at radius 2 is 1.97 bits per heavy atom. The van der Waals surface area contributed by atoms with E-state index in [0.717, 1.165) is 24.2 Å². The van der Waals surface area contributed by atoms with E-state index in [-0.39, 0.29) is 17.5 Å². The normalized spacial score (nSPS) is 32.5. The van der Waals surface area contributed by atoms with Crippen molar-refractivity contribution >= 4 is 6.03 Å². The average Bonchev–Trinajstić information content (AvgIpc) is 3.42. The van der Waals surface area contributed by atoms with Gasteiger partial charge in [-0.2, -0.15) is 0 Å². The van der Waals surface area contributed by atoms with Crippen LogP contribution in [0.2, 0.25) is 0 Å². The molecule has 1 N–H and O–H groups in total. The Labute approximate surface area is 176 Å². The Hall–Kier alpha value is -1.55. The second kappa shape index (κ2) is 7.61. The van der Waals surface area contributed by atoms with Gasteiger partial charge in [0.05, 0.1) is 6.04 Å².